The molecular weight excluding hydrogens is 175 g/mol. The van der Waals surface area contributed by atoms with Gasteiger partial charge in [-0.15, -0.1) is 11.6 Å². The molecule has 0 spiro atoms. The highest BCUT2D eigenvalue weighted by atomic mass is 35.5. The second kappa shape index (κ2) is 4.27. The standard InChI is InChI=1S/C10H10ClF/c1-8(7-11)6-9-4-2-3-5-10(9)12/h2-6H,7H2,1H3. The summed E-state index contributed by atoms with van der Waals surface area (Å²) in [6, 6.07) is 6.64. The van der Waals surface area contributed by atoms with E-state index in [4.69, 9.17) is 11.6 Å². The monoisotopic (exact) mass is 184 g/mol. The van der Waals surface area contributed by atoms with E-state index in [1.807, 2.05) is 6.92 Å². The molecule has 1 aromatic carbocycles. The van der Waals surface area contributed by atoms with Crippen LogP contribution in [0, 0.1) is 5.82 Å². The van der Waals surface area contributed by atoms with E-state index in [9.17, 15) is 4.39 Å². The maximum atomic E-state index is 13.0. The summed E-state index contributed by atoms with van der Waals surface area (Å²) in [6.07, 6.45) is 1.75. The molecule has 0 aromatic heterocycles. The first-order valence-electron chi connectivity index (χ1n) is 3.71. The molecule has 0 unspecified atom stereocenters. The van der Waals surface area contributed by atoms with Gasteiger partial charge in [-0.3, -0.25) is 0 Å². The molecule has 0 nitrogen and oxygen atoms in total. The van der Waals surface area contributed by atoms with Crippen molar-refractivity contribution in [3.63, 3.8) is 0 Å². The van der Waals surface area contributed by atoms with Crippen LogP contribution < -0.4 is 0 Å². The fourth-order valence-electron chi connectivity index (χ4n) is 0.896. The van der Waals surface area contributed by atoms with Gasteiger partial charge in [0.1, 0.15) is 5.82 Å². The van der Waals surface area contributed by atoms with Crippen LogP contribution in [-0.2, 0) is 0 Å². The Morgan fingerprint density at radius 2 is 2.17 bits per heavy atom. The van der Waals surface area contributed by atoms with Crippen molar-refractivity contribution in [2.24, 2.45) is 0 Å². The van der Waals surface area contributed by atoms with Crippen molar-refractivity contribution in [3.8, 4) is 0 Å². The van der Waals surface area contributed by atoms with E-state index in [2.05, 4.69) is 0 Å². The summed E-state index contributed by atoms with van der Waals surface area (Å²) >= 11 is 5.56. The van der Waals surface area contributed by atoms with Gasteiger partial charge in [0.25, 0.3) is 0 Å². The van der Waals surface area contributed by atoms with E-state index < -0.39 is 0 Å². The van der Waals surface area contributed by atoms with Crippen molar-refractivity contribution in [2.45, 2.75) is 6.92 Å². The predicted octanol–water partition coefficient (Wildman–Crippen LogP) is 3.47. The molecule has 0 heterocycles. The SMILES string of the molecule is CC(=Cc1ccccc1F)CCl. The lowest BCUT2D eigenvalue weighted by molar-refractivity contribution is 0.625. The first-order chi connectivity index (χ1) is 5.74. The number of hydrogen-bond donors (Lipinski definition) is 0. The van der Waals surface area contributed by atoms with Crippen LogP contribution in [0.1, 0.15) is 12.5 Å². The van der Waals surface area contributed by atoms with Crippen molar-refractivity contribution in [3.05, 3.63) is 41.2 Å². The van der Waals surface area contributed by atoms with Gasteiger partial charge < -0.3 is 0 Å². The van der Waals surface area contributed by atoms with Crippen molar-refractivity contribution < 1.29 is 4.39 Å². The van der Waals surface area contributed by atoms with E-state index in [1.165, 1.54) is 6.07 Å². The van der Waals surface area contributed by atoms with Gasteiger partial charge in [0.2, 0.25) is 0 Å². The number of alkyl halides is 1. The molecule has 0 radical (unpaired) electrons. The van der Waals surface area contributed by atoms with Crippen molar-refractivity contribution in [1.82, 2.24) is 0 Å². The number of benzene rings is 1. The molecule has 0 bridgehead atoms. The maximum absolute atomic E-state index is 13.0. The lowest BCUT2D eigenvalue weighted by Gasteiger charge is -1.97. The van der Waals surface area contributed by atoms with Gasteiger partial charge in [-0.05, 0) is 13.0 Å². The molecule has 0 aliphatic heterocycles. The molecule has 0 N–H and O–H groups in total. The molecule has 2 heteroatoms. The topological polar surface area (TPSA) is 0 Å². The Labute approximate surface area is 76.7 Å². The number of rotatable bonds is 2. The molecule has 0 aliphatic carbocycles. The summed E-state index contributed by atoms with van der Waals surface area (Å²) in [4.78, 5) is 0. The highest BCUT2D eigenvalue weighted by Crippen LogP contribution is 2.11. The molecule has 1 aromatic rings. The molecule has 0 amide bonds. The highest BCUT2D eigenvalue weighted by molar-refractivity contribution is 6.19. The van der Waals surface area contributed by atoms with E-state index >= 15 is 0 Å². The Bertz CT molecular complexity index is 292. The molecule has 0 saturated carbocycles. The summed E-state index contributed by atoms with van der Waals surface area (Å²) in [6.45, 7) is 1.87. The molecular formula is C10H10ClF. The van der Waals surface area contributed by atoms with Crippen LogP contribution in [0.3, 0.4) is 0 Å². The molecule has 0 fully saturated rings. The zero-order valence-electron chi connectivity index (χ0n) is 6.85. The first-order valence-corrected chi connectivity index (χ1v) is 4.25. The Morgan fingerprint density at radius 3 is 2.75 bits per heavy atom. The fraction of sp³-hybridized carbons (Fsp3) is 0.200. The van der Waals surface area contributed by atoms with Gasteiger partial charge in [0.15, 0.2) is 0 Å². The summed E-state index contributed by atoms with van der Waals surface area (Å²) in [7, 11) is 0. The van der Waals surface area contributed by atoms with E-state index in [-0.39, 0.29) is 5.82 Å². The molecule has 0 atom stereocenters. The van der Waals surface area contributed by atoms with E-state index in [1.54, 1.807) is 24.3 Å². The Balaban J connectivity index is 2.96. The maximum Gasteiger partial charge on any atom is 0.130 e. The van der Waals surface area contributed by atoms with Crippen LogP contribution in [0.5, 0.6) is 0 Å². The Kier molecular flexibility index (Phi) is 3.30. The first kappa shape index (κ1) is 9.27. The summed E-state index contributed by atoms with van der Waals surface area (Å²) in [5, 5.41) is 0. The van der Waals surface area contributed by atoms with Gasteiger partial charge in [-0.1, -0.05) is 29.8 Å². The van der Waals surface area contributed by atoms with Gasteiger partial charge in [-0.25, -0.2) is 4.39 Å². The molecule has 0 aliphatic rings. The summed E-state index contributed by atoms with van der Waals surface area (Å²) in [5.74, 6) is 0.232. The normalized spacial score (nSPS) is 11.8. The zero-order chi connectivity index (χ0) is 8.97. The summed E-state index contributed by atoms with van der Waals surface area (Å²) < 4.78 is 13.0. The second-order valence-electron chi connectivity index (χ2n) is 2.65. The van der Waals surface area contributed by atoms with Crippen LogP contribution in [0.4, 0.5) is 4.39 Å². The minimum Gasteiger partial charge on any atom is -0.206 e. The van der Waals surface area contributed by atoms with Crippen LogP contribution >= 0.6 is 11.6 Å². The molecule has 1 rings (SSSR count). The van der Waals surface area contributed by atoms with Crippen LogP contribution in [-0.4, -0.2) is 5.88 Å². The van der Waals surface area contributed by atoms with E-state index in [0.29, 0.717) is 11.4 Å². The van der Waals surface area contributed by atoms with Crippen molar-refractivity contribution in [1.29, 1.82) is 0 Å². The van der Waals surface area contributed by atoms with Crippen molar-refractivity contribution in [2.75, 3.05) is 5.88 Å². The van der Waals surface area contributed by atoms with Gasteiger partial charge in [-0.2, -0.15) is 0 Å². The van der Waals surface area contributed by atoms with E-state index in [0.717, 1.165) is 5.57 Å². The zero-order valence-corrected chi connectivity index (χ0v) is 7.61. The molecule has 64 valence electrons. The third kappa shape index (κ3) is 2.35. The lowest BCUT2D eigenvalue weighted by atomic mass is 10.1. The minimum absolute atomic E-state index is 0.207. The van der Waals surface area contributed by atoms with Gasteiger partial charge >= 0.3 is 0 Å². The van der Waals surface area contributed by atoms with Crippen LogP contribution in [0.25, 0.3) is 6.08 Å². The number of allylic oxidation sites excluding steroid dienone is 1. The molecule has 0 saturated heterocycles. The third-order valence-electron chi connectivity index (χ3n) is 1.52. The lowest BCUT2D eigenvalue weighted by Crippen LogP contribution is -1.82. The second-order valence-corrected chi connectivity index (χ2v) is 2.91. The van der Waals surface area contributed by atoms with Gasteiger partial charge in [0, 0.05) is 11.4 Å². The number of hydrogen-bond acceptors (Lipinski definition) is 0. The quantitative estimate of drug-likeness (QED) is 0.618. The van der Waals surface area contributed by atoms with Crippen LogP contribution in [0.2, 0.25) is 0 Å². The minimum atomic E-state index is -0.207. The largest absolute Gasteiger partial charge is 0.206 e. The number of halogens is 2. The average Bonchev–Trinajstić information content (AvgIpc) is 2.09. The average molecular weight is 185 g/mol. The fourth-order valence-corrected chi connectivity index (χ4v) is 0.973. The predicted molar refractivity (Wildman–Crippen MR) is 50.8 cm³/mol. The highest BCUT2D eigenvalue weighted by Gasteiger charge is 1.96. The van der Waals surface area contributed by atoms with Gasteiger partial charge in [0.05, 0.1) is 0 Å². The smallest absolute Gasteiger partial charge is 0.130 e. The summed E-state index contributed by atoms with van der Waals surface area (Å²) in [5.41, 5.74) is 1.55. The Hall–Kier alpha value is -0.820. The third-order valence-corrected chi connectivity index (χ3v) is 1.94. The van der Waals surface area contributed by atoms with Crippen LogP contribution in [0.15, 0.2) is 29.8 Å². The Morgan fingerprint density at radius 1 is 1.50 bits per heavy atom. The van der Waals surface area contributed by atoms with Crippen molar-refractivity contribution >= 4 is 17.7 Å². The molecule has 12 heavy (non-hydrogen) atoms.